The van der Waals surface area contributed by atoms with Crippen LogP contribution in [-0.2, 0) is 15.4 Å². The van der Waals surface area contributed by atoms with E-state index in [0.717, 1.165) is 10.5 Å². The molecule has 33 heavy (non-hydrogen) atoms. The smallest absolute Gasteiger partial charge is 0.268 e. The molecule has 0 saturated carbocycles. The van der Waals surface area contributed by atoms with Crippen molar-refractivity contribution in [2.24, 2.45) is 0 Å². The number of sulfonamides is 1. The normalized spacial score (nSPS) is 14.7. The minimum absolute atomic E-state index is 0.0155. The first-order valence-electron chi connectivity index (χ1n) is 10.2. The number of benzene rings is 2. The quantitative estimate of drug-likeness (QED) is 0.422. The molecule has 1 aliphatic heterocycles. The summed E-state index contributed by atoms with van der Waals surface area (Å²) in [5, 5.41) is 0.0616. The Balaban J connectivity index is 2.04. The highest BCUT2D eigenvalue weighted by atomic mass is 35.5. The van der Waals surface area contributed by atoms with Crippen molar-refractivity contribution >= 4 is 39.1 Å². The Morgan fingerprint density at radius 3 is 2.18 bits per heavy atom. The standard InChI is InChI=1S/C25H25ClN2O4S/c1-6-8-9-17(7-2)28-23(29)21-19(26)14-15-20(22(21)24(28)30)27-33(31,32)18-12-10-16(11-13-18)25(3,4)5/h6-15,27H,1H2,2-5H3/b9-8-,17-7+. The zero-order valence-electron chi connectivity index (χ0n) is 18.8. The molecule has 1 aliphatic rings. The molecule has 2 aromatic rings. The molecule has 0 aromatic heterocycles. The van der Waals surface area contributed by atoms with Gasteiger partial charge in [0, 0.05) is 5.70 Å². The lowest BCUT2D eigenvalue weighted by Gasteiger charge is -2.19. The number of amides is 2. The second kappa shape index (κ2) is 9.00. The lowest BCUT2D eigenvalue weighted by atomic mass is 9.87. The average Bonchev–Trinajstić information content (AvgIpc) is 3.02. The molecule has 8 heteroatoms. The molecular weight excluding hydrogens is 460 g/mol. The van der Waals surface area contributed by atoms with Gasteiger partial charge in [0.15, 0.2) is 0 Å². The summed E-state index contributed by atoms with van der Waals surface area (Å²) in [6.07, 6.45) is 6.25. The van der Waals surface area contributed by atoms with Crippen molar-refractivity contribution < 1.29 is 18.0 Å². The number of nitrogens with one attached hydrogen (secondary N) is 1. The van der Waals surface area contributed by atoms with Crippen LogP contribution in [0.1, 0.15) is 54.0 Å². The van der Waals surface area contributed by atoms with Crippen molar-refractivity contribution in [3.05, 3.63) is 94.7 Å². The van der Waals surface area contributed by atoms with Gasteiger partial charge in [0.05, 0.1) is 26.7 Å². The van der Waals surface area contributed by atoms with Gasteiger partial charge >= 0.3 is 0 Å². The molecule has 1 N–H and O–H groups in total. The number of halogens is 1. The predicted octanol–water partition coefficient (Wildman–Crippen LogP) is 5.68. The minimum Gasteiger partial charge on any atom is -0.279 e. The number of hydrogen-bond acceptors (Lipinski definition) is 4. The SMILES string of the molecule is C=C/C=C\C(=C/C)N1C(=O)c2c(Cl)ccc(NS(=O)(=O)c3ccc(C(C)(C)C)cc3)c2C1=O. The van der Waals surface area contributed by atoms with Gasteiger partial charge in [-0.05, 0) is 48.2 Å². The molecule has 0 spiro atoms. The molecule has 6 nitrogen and oxygen atoms in total. The van der Waals surface area contributed by atoms with E-state index < -0.39 is 21.8 Å². The fourth-order valence-electron chi connectivity index (χ4n) is 3.45. The van der Waals surface area contributed by atoms with Crippen molar-refractivity contribution in [2.75, 3.05) is 4.72 Å². The first kappa shape index (κ1) is 24.5. The van der Waals surface area contributed by atoms with E-state index in [0.29, 0.717) is 5.70 Å². The minimum atomic E-state index is -4.03. The molecule has 2 amide bonds. The highest BCUT2D eigenvalue weighted by molar-refractivity contribution is 7.92. The van der Waals surface area contributed by atoms with E-state index in [1.165, 1.54) is 30.3 Å². The summed E-state index contributed by atoms with van der Waals surface area (Å²) in [5.41, 5.74) is 1.02. The third-order valence-electron chi connectivity index (χ3n) is 5.22. The van der Waals surface area contributed by atoms with Gasteiger partial charge in [0.2, 0.25) is 0 Å². The van der Waals surface area contributed by atoms with E-state index >= 15 is 0 Å². The average molecular weight is 485 g/mol. The van der Waals surface area contributed by atoms with Crippen LogP contribution < -0.4 is 4.72 Å². The molecule has 2 aromatic carbocycles. The molecule has 3 rings (SSSR count). The van der Waals surface area contributed by atoms with Gasteiger partial charge in [-0.1, -0.05) is 69.3 Å². The third kappa shape index (κ3) is 4.65. The molecule has 0 bridgehead atoms. The number of allylic oxidation sites excluding steroid dienone is 4. The summed E-state index contributed by atoms with van der Waals surface area (Å²) in [6.45, 7) is 11.4. The summed E-state index contributed by atoms with van der Waals surface area (Å²) in [6, 6.07) is 9.30. The van der Waals surface area contributed by atoms with Crippen LogP contribution in [-0.4, -0.2) is 25.1 Å². The highest BCUT2D eigenvalue weighted by Gasteiger charge is 2.41. The van der Waals surface area contributed by atoms with Gasteiger partial charge in [0.25, 0.3) is 21.8 Å². The van der Waals surface area contributed by atoms with E-state index in [-0.39, 0.29) is 32.1 Å². The topological polar surface area (TPSA) is 83.6 Å². The summed E-state index contributed by atoms with van der Waals surface area (Å²) in [5.74, 6) is -1.29. The van der Waals surface area contributed by atoms with E-state index in [4.69, 9.17) is 11.6 Å². The fraction of sp³-hybridized carbons (Fsp3) is 0.200. The maximum Gasteiger partial charge on any atom is 0.268 e. The first-order chi connectivity index (χ1) is 15.4. The van der Waals surface area contributed by atoms with Crippen LogP contribution in [0.3, 0.4) is 0 Å². The van der Waals surface area contributed by atoms with Gasteiger partial charge in [-0.3, -0.25) is 14.3 Å². The van der Waals surface area contributed by atoms with Crippen molar-refractivity contribution in [3.63, 3.8) is 0 Å². The fourth-order valence-corrected chi connectivity index (χ4v) is 4.76. The van der Waals surface area contributed by atoms with Gasteiger partial charge in [0.1, 0.15) is 0 Å². The van der Waals surface area contributed by atoms with Crippen LogP contribution in [0.2, 0.25) is 5.02 Å². The summed E-state index contributed by atoms with van der Waals surface area (Å²) < 4.78 is 28.6. The Labute approximate surface area is 199 Å². The van der Waals surface area contributed by atoms with Crippen LogP contribution in [0.25, 0.3) is 0 Å². The second-order valence-electron chi connectivity index (χ2n) is 8.48. The Hall–Kier alpha value is -3.16. The largest absolute Gasteiger partial charge is 0.279 e. The number of imide groups is 1. The summed E-state index contributed by atoms with van der Waals surface area (Å²) >= 11 is 6.24. The zero-order valence-corrected chi connectivity index (χ0v) is 20.4. The number of hydrogen-bond donors (Lipinski definition) is 1. The number of rotatable bonds is 6. The van der Waals surface area contributed by atoms with Crippen LogP contribution in [0.15, 0.2) is 77.9 Å². The second-order valence-corrected chi connectivity index (χ2v) is 10.6. The first-order valence-corrected chi connectivity index (χ1v) is 12.1. The van der Waals surface area contributed by atoms with Gasteiger partial charge in [-0.15, -0.1) is 0 Å². The Kier molecular flexibility index (Phi) is 6.68. The summed E-state index contributed by atoms with van der Waals surface area (Å²) in [7, 11) is -4.03. The van der Waals surface area contributed by atoms with Crippen LogP contribution >= 0.6 is 11.6 Å². The van der Waals surface area contributed by atoms with Gasteiger partial charge in [-0.2, -0.15) is 0 Å². The Bertz CT molecular complexity index is 1300. The molecule has 0 radical (unpaired) electrons. The predicted molar refractivity (Wildman–Crippen MR) is 131 cm³/mol. The van der Waals surface area contributed by atoms with Crippen molar-refractivity contribution in [1.29, 1.82) is 0 Å². The van der Waals surface area contributed by atoms with Crippen LogP contribution in [0.4, 0.5) is 5.69 Å². The van der Waals surface area contributed by atoms with E-state index in [9.17, 15) is 18.0 Å². The lowest BCUT2D eigenvalue weighted by molar-refractivity contribution is 0.0709. The molecule has 0 saturated heterocycles. The molecule has 0 atom stereocenters. The molecule has 0 aliphatic carbocycles. The molecule has 0 unspecified atom stereocenters. The highest BCUT2D eigenvalue weighted by Crippen LogP contribution is 2.37. The van der Waals surface area contributed by atoms with Crippen molar-refractivity contribution in [2.45, 2.75) is 38.0 Å². The van der Waals surface area contributed by atoms with Crippen LogP contribution in [0, 0.1) is 0 Å². The lowest BCUT2D eigenvalue weighted by Crippen LogP contribution is -2.28. The number of fused-ring (bicyclic) bond motifs is 1. The Morgan fingerprint density at radius 1 is 1.03 bits per heavy atom. The van der Waals surface area contributed by atoms with Gasteiger partial charge in [-0.25, -0.2) is 13.3 Å². The summed E-state index contributed by atoms with van der Waals surface area (Å²) in [4.78, 5) is 27.3. The molecule has 172 valence electrons. The van der Waals surface area contributed by atoms with Gasteiger partial charge < -0.3 is 0 Å². The molecule has 0 fully saturated rings. The van der Waals surface area contributed by atoms with E-state index in [2.05, 4.69) is 11.3 Å². The van der Waals surface area contributed by atoms with E-state index in [1.54, 1.807) is 37.3 Å². The van der Waals surface area contributed by atoms with Crippen LogP contribution in [0.5, 0.6) is 0 Å². The number of nitrogens with zero attached hydrogens (tertiary/aromatic N) is 1. The molecule has 1 heterocycles. The monoisotopic (exact) mass is 484 g/mol. The zero-order chi connectivity index (χ0) is 24.6. The van der Waals surface area contributed by atoms with E-state index in [1.807, 2.05) is 20.8 Å². The third-order valence-corrected chi connectivity index (χ3v) is 6.92. The maximum atomic E-state index is 13.2. The maximum absolute atomic E-state index is 13.2. The van der Waals surface area contributed by atoms with Crippen molar-refractivity contribution in [1.82, 2.24) is 4.90 Å². The Morgan fingerprint density at radius 2 is 1.64 bits per heavy atom. The number of anilines is 1. The van der Waals surface area contributed by atoms with Crippen molar-refractivity contribution in [3.8, 4) is 0 Å². The molecular formula is C25H25ClN2O4S. The number of carbonyl (C=O) groups is 2. The number of carbonyl (C=O) groups excluding carboxylic acids is 2.